The first-order valence-electron chi connectivity index (χ1n) is 45.7. The first-order valence-corrected chi connectivity index (χ1v) is 45.7. The van der Waals surface area contributed by atoms with Gasteiger partial charge in [0.15, 0.2) is 0 Å². The number of rotatable bonds is 6. The van der Waals surface area contributed by atoms with Gasteiger partial charge in [-0.05, 0) is 297 Å². The molecule has 27 rings (SSSR count). The maximum absolute atomic E-state index is 2.37. The molecule has 131 heavy (non-hydrogen) atoms. The SMILES string of the molecule is Cc1cc2ccc3cccc4ccc(c1)c2c34.Cc1ccc2c(-c3ccc4ccccc4c3)c3ccccc3c(-c3ccc4ccccc4c3)c2c1.Cc1ccc2c(-c3cccc4ccccc34)c3ccccc3c(-c3cccc4ccccc34)c2c1.Cc1ccc2c(-c3ccccc3)c3ccccc3c(-c3ccccc3)c2c1.Cc1ccc2ccc3cccc4ccc1c2c34. The fourth-order valence-corrected chi connectivity index (χ4v) is 21.3. The zero-order valence-corrected chi connectivity index (χ0v) is 74.0. The lowest BCUT2D eigenvalue weighted by molar-refractivity contribution is 1.51. The molecule has 0 bridgehead atoms. The Balaban J connectivity index is 0.0000000958. The van der Waals surface area contributed by atoms with Crippen LogP contribution in [0.1, 0.15) is 27.8 Å². The first-order chi connectivity index (χ1) is 64.5. The largest absolute Gasteiger partial charge is 0.0622 e. The Morgan fingerprint density at radius 3 is 0.817 bits per heavy atom. The first kappa shape index (κ1) is 79.3. The Labute approximate surface area is 763 Å². The van der Waals surface area contributed by atoms with Gasteiger partial charge in [-0.3, -0.25) is 0 Å². The van der Waals surface area contributed by atoms with Gasteiger partial charge in [-0.25, -0.2) is 0 Å². The van der Waals surface area contributed by atoms with Crippen molar-refractivity contribution in [3.63, 3.8) is 0 Å². The van der Waals surface area contributed by atoms with Crippen LogP contribution in [0.5, 0.6) is 0 Å². The van der Waals surface area contributed by atoms with Crippen LogP contribution in [-0.4, -0.2) is 0 Å². The van der Waals surface area contributed by atoms with Gasteiger partial charge in [-0.15, -0.1) is 0 Å². The topological polar surface area (TPSA) is 0 Å². The molecule has 0 atom stereocenters. The number of benzene rings is 27. The molecule has 0 saturated heterocycles. The molecule has 0 heterocycles. The fraction of sp³-hybridized carbons (Fsp3) is 0.0382. The molecule has 0 aromatic heterocycles. The van der Waals surface area contributed by atoms with Crippen molar-refractivity contribution in [2.75, 3.05) is 0 Å². The maximum Gasteiger partial charge on any atom is -0.00200 e. The summed E-state index contributed by atoms with van der Waals surface area (Å²) >= 11 is 0. The fourth-order valence-electron chi connectivity index (χ4n) is 21.3. The summed E-state index contributed by atoms with van der Waals surface area (Å²) in [5, 5.41) is 42.3. The number of fused-ring (bicyclic) bond motifs is 10. The molecular weight excluding hydrogens is 1570 g/mol. The lowest BCUT2D eigenvalue weighted by Gasteiger charge is -2.20. The number of hydrogen-bond acceptors (Lipinski definition) is 0. The van der Waals surface area contributed by atoms with E-state index in [2.05, 4.69) is 502 Å². The van der Waals surface area contributed by atoms with Gasteiger partial charge in [0.2, 0.25) is 0 Å². The smallest absolute Gasteiger partial charge is 0.00200 e. The van der Waals surface area contributed by atoms with Crippen LogP contribution in [0.25, 0.3) is 239 Å². The Morgan fingerprint density at radius 2 is 0.374 bits per heavy atom. The standard InChI is InChI=1S/2C35H24.C27H20.2C17H12/c1-23-20-21-32-33(22-23)35(29-19-9-13-25-11-3-5-15-27(25)29)31-17-7-6-16-30(31)34(32)28-18-8-12-24-10-2-4-14-26(24)28;1-23-14-19-32-33(20-23)35(29-18-16-25-9-3-5-11-27(25)22-29)31-13-7-6-12-30(31)34(32)28-17-15-24-8-2-4-10-26(24)21-28;1-19-16-17-24-25(18-19)27(21-12-6-3-7-13-21)23-15-9-8-14-22(23)26(24)20-10-4-2-5-11-20;1-11-9-14-7-5-12-3-2-4-13-6-8-15(10-11)17(14)16(12)13;1-11-5-6-14-8-7-12-3-2-4-13-9-10-15(11)17(14)16(12)13/h2*2-22H,1H3;2-18H,1H3;2*2-10H,1H3. The van der Waals surface area contributed by atoms with Crippen LogP contribution < -0.4 is 0 Å². The molecule has 0 N–H and O–H groups in total. The molecule has 27 aromatic carbocycles. The monoisotopic (exact) mass is 1660 g/mol. The van der Waals surface area contributed by atoms with Crippen molar-refractivity contribution < 1.29 is 0 Å². The second-order valence-electron chi connectivity index (χ2n) is 35.5. The third-order valence-corrected chi connectivity index (χ3v) is 27.2. The predicted molar refractivity (Wildman–Crippen MR) is 571 cm³/mol. The van der Waals surface area contributed by atoms with Crippen molar-refractivity contribution in [3.8, 4) is 66.8 Å². The van der Waals surface area contributed by atoms with E-state index in [0.717, 1.165) is 0 Å². The quantitative estimate of drug-likeness (QED) is 0.115. The molecule has 0 unspecified atom stereocenters. The lowest BCUT2D eigenvalue weighted by atomic mass is 9.83. The van der Waals surface area contributed by atoms with E-state index in [1.165, 1.54) is 267 Å². The molecule has 0 aliphatic carbocycles. The predicted octanol–water partition coefficient (Wildman–Crippen LogP) is 37.3. The van der Waals surface area contributed by atoms with Crippen molar-refractivity contribution >= 4 is 172 Å². The highest BCUT2D eigenvalue weighted by Gasteiger charge is 2.23. The number of aryl methyl sites for hydroxylation is 5. The molecule has 0 amide bonds. The van der Waals surface area contributed by atoms with E-state index >= 15 is 0 Å². The minimum atomic E-state index is 1.26. The normalized spacial score (nSPS) is 11.5. The average molecular weight is 1670 g/mol. The van der Waals surface area contributed by atoms with Crippen molar-refractivity contribution in [2.24, 2.45) is 0 Å². The van der Waals surface area contributed by atoms with E-state index in [-0.39, 0.29) is 0 Å². The Hall–Kier alpha value is -16.4. The molecule has 0 fully saturated rings. The summed E-state index contributed by atoms with van der Waals surface area (Å²) in [6.45, 7) is 10.9. The van der Waals surface area contributed by atoms with Crippen molar-refractivity contribution in [1.82, 2.24) is 0 Å². The van der Waals surface area contributed by atoms with Gasteiger partial charge < -0.3 is 0 Å². The second-order valence-corrected chi connectivity index (χ2v) is 35.5. The Kier molecular flexibility index (Phi) is 20.2. The molecule has 0 nitrogen and oxygen atoms in total. The summed E-state index contributed by atoms with van der Waals surface area (Å²) in [6, 6.07) is 170. The van der Waals surface area contributed by atoms with Gasteiger partial charge in [0.1, 0.15) is 0 Å². The summed E-state index contributed by atoms with van der Waals surface area (Å²) in [6.07, 6.45) is 0. The summed E-state index contributed by atoms with van der Waals surface area (Å²) in [5.41, 5.74) is 22.1. The highest BCUT2D eigenvalue weighted by Crippen LogP contribution is 2.51. The number of hydrogen-bond donors (Lipinski definition) is 0. The summed E-state index contributed by atoms with van der Waals surface area (Å²) in [5.74, 6) is 0. The maximum atomic E-state index is 2.37. The highest BCUT2D eigenvalue weighted by atomic mass is 14.3. The van der Waals surface area contributed by atoms with Gasteiger partial charge in [-0.2, -0.15) is 0 Å². The molecule has 0 aliphatic heterocycles. The van der Waals surface area contributed by atoms with E-state index in [4.69, 9.17) is 0 Å². The van der Waals surface area contributed by atoms with E-state index in [0.29, 0.717) is 0 Å². The third kappa shape index (κ3) is 14.3. The highest BCUT2D eigenvalue weighted by molar-refractivity contribution is 6.29. The minimum Gasteiger partial charge on any atom is -0.0622 e. The average Bonchev–Trinajstić information content (AvgIpc) is 0.718. The van der Waals surface area contributed by atoms with Crippen LogP contribution >= 0.6 is 0 Å². The van der Waals surface area contributed by atoms with Crippen LogP contribution in [0.4, 0.5) is 0 Å². The van der Waals surface area contributed by atoms with Gasteiger partial charge >= 0.3 is 0 Å². The van der Waals surface area contributed by atoms with Crippen LogP contribution in [0, 0.1) is 34.6 Å². The van der Waals surface area contributed by atoms with Gasteiger partial charge in [-0.1, -0.05) is 472 Å². The molecule has 0 heteroatoms. The summed E-state index contributed by atoms with van der Waals surface area (Å²) in [7, 11) is 0. The molecule has 27 aromatic rings. The van der Waals surface area contributed by atoms with Crippen LogP contribution in [0.15, 0.2) is 467 Å². The minimum absolute atomic E-state index is 1.26. The zero-order chi connectivity index (χ0) is 87.7. The lowest BCUT2D eigenvalue weighted by Crippen LogP contribution is -1.93. The van der Waals surface area contributed by atoms with Crippen molar-refractivity contribution in [3.05, 3.63) is 495 Å². The third-order valence-electron chi connectivity index (χ3n) is 27.2. The van der Waals surface area contributed by atoms with E-state index in [1.54, 1.807) is 0 Å². The zero-order valence-electron chi connectivity index (χ0n) is 74.0. The molecule has 0 spiro atoms. The van der Waals surface area contributed by atoms with E-state index in [1.807, 2.05) is 0 Å². The van der Waals surface area contributed by atoms with Gasteiger partial charge in [0, 0.05) is 0 Å². The van der Waals surface area contributed by atoms with Crippen LogP contribution in [0.2, 0.25) is 0 Å². The van der Waals surface area contributed by atoms with Crippen LogP contribution in [-0.2, 0) is 0 Å². The summed E-state index contributed by atoms with van der Waals surface area (Å²) in [4.78, 5) is 0. The Morgan fingerprint density at radius 1 is 0.115 bits per heavy atom. The molecule has 0 radical (unpaired) electrons. The van der Waals surface area contributed by atoms with Gasteiger partial charge in [0.05, 0.1) is 0 Å². The molecule has 616 valence electrons. The Bertz CT molecular complexity index is 9060. The van der Waals surface area contributed by atoms with Crippen molar-refractivity contribution in [2.45, 2.75) is 34.6 Å². The van der Waals surface area contributed by atoms with Crippen molar-refractivity contribution in [1.29, 1.82) is 0 Å². The summed E-state index contributed by atoms with van der Waals surface area (Å²) < 4.78 is 0. The second kappa shape index (κ2) is 33.4. The molecular formula is C131H92. The van der Waals surface area contributed by atoms with E-state index < -0.39 is 0 Å². The molecule has 0 aliphatic rings. The van der Waals surface area contributed by atoms with Gasteiger partial charge in [0.25, 0.3) is 0 Å². The molecule has 0 saturated carbocycles. The van der Waals surface area contributed by atoms with E-state index in [9.17, 15) is 0 Å². The van der Waals surface area contributed by atoms with Crippen LogP contribution in [0.3, 0.4) is 0 Å².